The van der Waals surface area contributed by atoms with Crippen LogP contribution in [-0.2, 0) is 7.05 Å². The van der Waals surface area contributed by atoms with E-state index < -0.39 is 0 Å². The summed E-state index contributed by atoms with van der Waals surface area (Å²) < 4.78 is 1.93. The van der Waals surface area contributed by atoms with Crippen molar-refractivity contribution in [3.8, 4) is 11.4 Å². The summed E-state index contributed by atoms with van der Waals surface area (Å²) in [6.45, 7) is 0. The first-order chi connectivity index (χ1) is 12.2. The van der Waals surface area contributed by atoms with Crippen LogP contribution in [0.1, 0.15) is 10.4 Å². The Balaban J connectivity index is 1.56. The van der Waals surface area contributed by atoms with Crippen molar-refractivity contribution in [2.24, 2.45) is 7.05 Å². The fourth-order valence-corrected chi connectivity index (χ4v) is 3.57. The standard InChI is InChI=1S/C19H16N4OS/c1-23-18(15-11-20-16-10-6-5-9-14(15)16)21-22-19(23)25-12-17(24)13-7-3-2-4-8-13/h2-11,20H,12H2,1H3. The van der Waals surface area contributed by atoms with E-state index in [9.17, 15) is 4.79 Å². The number of H-pyrrole nitrogens is 1. The van der Waals surface area contributed by atoms with Crippen molar-refractivity contribution < 1.29 is 4.79 Å². The monoisotopic (exact) mass is 348 g/mol. The zero-order valence-electron chi connectivity index (χ0n) is 13.6. The predicted octanol–water partition coefficient (Wildman–Crippen LogP) is 3.94. The molecule has 0 atom stereocenters. The third-order valence-electron chi connectivity index (χ3n) is 4.09. The Morgan fingerprint density at radius 1 is 1.08 bits per heavy atom. The van der Waals surface area contributed by atoms with Crippen molar-refractivity contribution in [2.75, 3.05) is 5.75 Å². The zero-order valence-corrected chi connectivity index (χ0v) is 14.5. The minimum atomic E-state index is 0.0854. The molecule has 0 bridgehead atoms. The molecule has 0 radical (unpaired) electrons. The molecule has 0 unspecified atom stereocenters. The number of carbonyl (C=O) groups is 1. The molecule has 0 fully saturated rings. The third kappa shape index (κ3) is 2.96. The van der Waals surface area contributed by atoms with Crippen LogP contribution < -0.4 is 0 Å². The summed E-state index contributed by atoms with van der Waals surface area (Å²) in [4.78, 5) is 15.5. The number of fused-ring (bicyclic) bond motifs is 1. The lowest BCUT2D eigenvalue weighted by molar-refractivity contribution is 0.102. The number of rotatable bonds is 5. The molecule has 4 aromatic rings. The number of nitrogens with one attached hydrogen (secondary N) is 1. The summed E-state index contributed by atoms with van der Waals surface area (Å²) >= 11 is 1.40. The highest BCUT2D eigenvalue weighted by atomic mass is 32.2. The van der Waals surface area contributed by atoms with Crippen LogP contribution in [0.5, 0.6) is 0 Å². The predicted molar refractivity (Wildman–Crippen MR) is 99.8 cm³/mol. The van der Waals surface area contributed by atoms with Crippen molar-refractivity contribution in [3.63, 3.8) is 0 Å². The maximum Gasteiger partial charge on any atom is 0.191 e. The first-order valence-electron chi connectivity index (χ1n) is 7.91. The lowest BCUT2D eigenvalue weighted by Gasteiger charge is -2.03. The van der Waals surface area contributed by atoms with Crippen LogP contribution in [0.4, 0.5) is 0 Å². The second kappa shape index (κ2) is 6.57. The molecule has 0 aliphatic carbocycles. The summed E-state index contributed by atoms with van der Waals surface area (Å²) in [5, 5.41) is 10.4. The fraction of sp³-hybridized carbons (Fsp3) is 0.105. The maximum absolute atomic E-state index is 12.3. The van der Waals surface area contributed by atoms with Gasteiger partial charge in [0.1, 0.15) is 0 Å². The van der Waals surface area contributed by atoms with E-state index >= 15 is 0 Å². The van der Waals surface area contributed by atoms with Crippen molar-refractivity contribution in [1.82, 2.24) is 19.7 Å². The minimum Gasteiger partial charge on any atom is -0.360 e. The fourth-order valence-electron chi connectivity index (χ4n) is 2.77. The molecule has 2 heterocycles. The van der Waals surface area contributed by atoms with Crippen LogP contribution in [0.15, 0.2) is 66.0 Å². The second-order valence-corrected chi connectivity index (χ2v) is 6.63. The van der Waals surface area contributed by atoms with Crippen LogP contribution >= 0.6 is 11.8 Å². The number of aromatic amines is 1. The van der Waals surface area contributed by atoms with Gasteiger partial charge in [-0.1, -0.05) is 60.3 Å². The molecule has 0 spiro atoms. The molecule has 6 heteroatoms. The van der Waals surface area contributed by atoms with Crippen LogP contribution in [0, 0.1) is 0 Å². The van der Waals surface area contributed by atoms with E-state index in [1.54, 1.807) is 0 Å². The van der Waals surface area contributed by atoms with Crippen LogP contribution in [0.25, 0.3) is 22.3 Å². The van der Waals surface area contributed by atoms with E-state index in [2.05, 4.69) is 21.2 Å². The number of Topliss-reactive ketones (excluding diaryl/α,β-unsaturated/α-hetero) is 1. The second-order valence-electron chi connectivity index (χ2n) is 5.69. The SMILES string of the molecule is Cn1c(SCC(=O)c2ccccc2)nnc1-c1c[nH]c2ccccc12. The number of aromatic nitrogens is 4. The summed E-state index contributed by atoms with van der Waals surface area (Å²) in [5.74, 6) is 1.21. The Labute approximate surface area is 149 Å². The van der Waals surface area contributed by atoms with E-state index in [4.69, 9.17) is 0 Å². The van der Waals surface area contributed by atoms with E-state index in [1.165, 1.54) is 11.8 Å². The van der Waals surface area contributed by atoms with Gasteiger partial charge in [0.2, 0.25) is 0 Å². The molecule has 2 aromatic carbocycles. The normalized spacial score (nSPS) is 11.1. The first kappa shape index (κ1) is 15.7. The molecule has 1 N–H and O–H groups in total. The van der Waals surface area contributed by atoms with Gasteiger partial charge >= 0.3 is 0 Å². The molecule has 0 aliphatic heterocycles. The first-order valence-corrected chi connectivity index (χ1v) is 8.89. The molecule has 25 heavy (non-hydrogen) atoms. The molecule has 0 saturated heterocycles. The van der Waals surface area contributed by atoms with E-state index in [-0.39, 0.29) is 5.78 Å². The summed E-state index contributed by atoms with van der Waals surface area (Å²) in [6, 6.07) is 17.4. The number of hydrogen-bond donors (Lipinski definition) is 1. The highest BCUT2D eigenvalue weighted by molar-refractivity contribution is 7.99. The Morgan fingerprint density at radius 3 is 2.68 bits per heavy atom. The number of carbonyl (C=O) groups excluding carboxylic acids is 1. The van der Waals surface area contributed by atoms with Crippen LogP contribution in [-0.4, -0.2) is 31.3 Å². The van der Waals surface area contributed by atoms with Gasteiger partial charge in [-0.25, -0.2) is 0 Å². The van der Waals surface area contributed by atoms with Gasteiger partial charge in [0.15, 0.2) is 16.8 Å². The van der Waals surface area contributed by atoms with Crippen molar-refractivity contribution >= 4 is 28.4 Å². The third-order valence-corrected chi connectivity index (χ3v) is 5.11. The van der Waals surface area contributed by atoms with Gasteiger partial charge in [-0.3, -0.25) is 4.79 Å². The summed E-state index contributed by atoms with van der Waals surface area (Å²) in [6.07, 6.45) is 1.94. The molecule has 0 saturated carbocycles. The number of thioether (sulfide) groups is 1. The van der Waals surface area contributed by atoms with Crippen molar-refractivity contribution in [2.45, 2.75) is 5.16 Å². The number of para-hydroxylation sites is 1. The molecule has 124 valence electrons. The van der Waals surface area contributed by atoms with E-state index in [0.717, 1.165) is 27.4 Å². The quantitative estimate of drug-likeness (QED) is 0.438. The summed E-state index contributed by atoms with van der Waals surface area (Å²) in [7, 11) is 1.92. The van der Waals surface area contributed by atoms with Crippen LogP contribution in [0.3, 0.4) is 0 Å². The molecule has 5 nitrogen and oxygen atoms in total. The number of nitrogens with zero attached hydrogens (tertiary/aromatic N) is 3. The average molecular weight is 348 g/mol. The van der Waals surface area contributed by atoms with Gasteiger partial charge < -0.3 is 9.55 Å². The molecule has 0 amide bonds. The van der Waals surface area contributed by atoms with Gasteiger partial charge in [0.05, 0.1) is 5.75 Å². The Hall–Kier alpha value is -2.86. The Morgan fingerprint density at radius 2 is 1.84 bits per heavy atom. The maximum atomic E-state index is 12.3. The Kier molecular flexibility index (Phi) is 4.11. The molecular formula is C19H16N4OS. The molecule has 2 aromatic heterocycles. The van der Waals surface area contributed by atoms with Gasteiger partial charge in [0, 0.05) is 35.3 Å². The molecular weight excluding hydrogens is 332 g/mol. The average Bonchev–Trinajstić information content (AvgIpc) is 3.24. The van der Waals surface area contributed by atoms with Crippen LogP contribution in [0.2, 0.25) is 0 Å². The number of hydrogen-bond acceptors (Lipinski definition) is 4. The number of benzene rings is 2. The van der Waals surface area contributed by atoms with Gasteiger partial charge in [-0.05, 0) is 6.07 Å². The Bertz CT molecular complexity index is 1040. The highest BCUT2D eigenvalue weighted by Crippen LogP contribution is 2.29. The zero-order chi connectivity index (χ0) is 17.2. The lowest BCUT2D eigenvalue weighted by Crippen LogP contribution is -2.03. The van der Waals surface area contributed by atoms with E-state index in [1.807, 2.05) is 66.3 Å². The smallest absolute Gasteiger partial charge is 0.191 e. The van der Waals surface area contributed by atoms with Gasteiger partial charge in [-0.15, -0.1) is 10.2 Å². The minimum absolute atomic E-state index is 0.0854. The number of ketones is 1. The van der Waals surface area contributed by atoms with Gasteiger partial charge in [0.25, 0.3) is 0 Å². The molecule has 0 aliphatic rings. The van der Waals surface area contributed by atoms with E-state index in [0.29, 0.717) is 11.3 Å². The van der Waals surface area contributed by atoms with Crippen molar-refractivity contribution in [1.29, 1.82) is 0 Å². The highest BCUT2D eigenvalue weighted by Gasteiger charge is 2.16. The van der Waals surface area contributed by atoms with Crippen molar-refractivity contribution in [3.05, 3.63) is 66.4 Å². The largest absolute Gasteiger partial charge is 0.360 e. The summed E-state index contributed by atoms with van der Waals surface area (Å²) in [5.41, 5.74) is 2.79. The topological polar surface area (TPSA) is 63.6 Å². The molecule has 4 rings (SSSR count). The lowest BCUT2D eigenvalue weighted by atomic mass is 10.1. The van der Waals surface area contributed by atoms with Gasteiger partial charge in [-0.2, -0.15) is 0 Å².